The van der Waals surface area contributed by atoms with Gasteiger partial charge in [-0.05, 0) is 42.0 Å². The van der Waals surface area contributed by atoms with Crippen molar-refractivity contribution in [1.29, 1.82) is 0 Å². The van der Waals surface area contributed by atoms with E-state index >= 15 is 0 Å². The lowest BCUT2D eigenvalue weighted by molar-refractivity contribution is -0.384. The van der Waals surface area contributed by atoms with E-state index < -0.39 is 10.8 Å². The number of aromatic nitrogens is 2. The first-order valence-corrected chi connectivity index (χ1v) is 12.1. The van der Waals surface area contributed by atoms with E-state index in [1.54, 1.807) is 48.8 Å². The number of ether oxygens (including phenoxy) is 1. The van der Waals surface area contributed by atoms with Crippen molar-refractivity contribution in [3.05, 3.63) is 87.2 Å². The summed E-state index contributed by atoms with van der Waals surface area (Å²) in [6, 6.07) is 13.6. The summed E-state index contributed by atoms with van der Waals surface area (Å²) in [5.41, 5.74) is 2.08. The minimum atomic E-state index is -0.452. The van der Waals surface area contributed by atoms with Crippen LogP contribution in [0.15, 0.2) is 60.9 Å². The summed E-state index contributed by atoms with van der Waals surface area (Å²) in [5, 5.41) is 13.0. The van der Waals surface area contributed by atoms with Crippen molar-refractivity contribution in [2.75, 3.05) is 36.1 Å². The highest BCUT2D eigenvalue weighted by atomic mass is 35.5. The maximum absolute atomic E-state index is 13.7. The number of rotatable bonds is 6. The average Bonchev–Trinajstić information content (AvgIpc) is 3.30. The lowest BCUT2D eigenvalue weighted by atomic mass is 10.1. The summed E-state index contributed by atoms with van der Waals surface area (Å²) < 4.78 is 6.20. The van der Waals surface area contributed by atoms with E-state index in [-0.39, 0.29) is 17.8 Å². The van der Waals surface area contributed by atoms with E-state index in [1.807, 2.05) is 11.0 Å². The Hall–Kier alpha value is -3.60. The van der Waals surface area contributed by atoms with Gasteiger partial charge in [0.1, 0.15) is 5.69 Å². The number of thiazole rings is 1. The number of fused-ring (bicyclic) bond motifs is 1. The molecule has 2 aromatic carbocycles. The molecule has 178 valence electrons. The second-order valence-electron chi connectivity index (χ2n) is 7.92. The van der Waals surface area contributed by atoms with Crippen molar-refractivity contribution in [1.82, 2.24) is 9.97 Å². The zero-order chi connectivity index (χ0) is 24.4. The molecule has 0 N–H and O–H groups in total. The van der Waals surface area contributed by atoms with Gasteiger partial charge in [-0.3, -0.25) is 24.8 Å². The molecule has 5 rings (SSSR count). The number of anilines is 2. The Morgan fingerprint density at radius 3 is 2.77 bits per heavy atom. The van der Waals surface area contributed by atoms with Crippen LogP contribution in [0.2, 0.25) is 5.02 Å². The van der Waals surface area contributed by atoms with Gasteiger partial charge in [0, 0.05) is 42.1 Å². The number of halogens is 1. The second kappa shape index (κ2) is 9.95. The third-order valence-corrected chi connectivity index (χ3v) is 6.93. The molecular formula is C24H20ClN5O4S. The predicted molar refractivity (Wildman–Crippen MR) is 136 cm³/mol. The number of nitro benzene ring substituents is 1. The van der Waals surface area contributed by atoms with Crippen LogP contribution in [0.4, 0.5) is 16.5 Å². The number of nitrogens with zero attached hydrogens (tertiary/aromatic N) is 5. The summed E-state index contributed by atoms with van der Waals surface area (Å²) >= 11 is 7.47. The van der Waals surface area contributed by atoms with Crippen LogP contribution in [0.1, 0.15) is 15.9 Å². The SMILES string of the molecule is O=C(c1ccc(N2CCOCC2)c([N+](=O)[O-])c1)N(Cc1cccnc1)c1nc2ccc(Cl)cc2s1. The first-order chi connectivity index (χ1) is 17.0. The van der Waals surface area contributed by atoms with Crippen LogP contribution in [0.3, 0.4) is 0 Å². The van der Waals surface area contributed by atoms with Crippen molar-refractivity contribution < 1.29 is 14.5 Å². The predicted octanol–water partition coefficient (Wildman–Crippen LogP) is 4.94. The number of nitro groups is 1. The van der Waals surface area contributed by atoms with Crippen LogP contribution in [0.5, 0.6) is 0 Å². The molecular weight excluding hydrogens is 490 g/mol. The van der Waals surface area contributed by atoms with Crippen molar-refractivity contribution >= 4 is 55.6 Å². The molecule has 3 heterocycles. The van der Waals surface area contributed by atoms with Crippen molar-refractivity contribution in [3.63, 3.8) is 0 Å². The maximum Gasteiger partial charge on any atom is 0.293 e. The van der Waals surface area contributed by atoms with Crippen LogP contribution in [-0.2, 0) is 11.3 Å². The van der Waals surface area contributed by atoms with Crippen molar-refractivity contribution in [3.8, 4) is 0 Å². The van der Waals surface area contributed by atoms with E-state index in [1.165, 1.54) is 22.3 Å². The van der Waals surface area contributed by atoms with Gasteiger partial charge in [-0.2, -0.15) is 0 Å². The van der Waals surface area contributed by atoms with E-state index in [0.717, 1.165) is 10.3 Å². The first kappa shape index (κ1) is 23.2. The summed E-state index contributed by atoms with van der Waals surface area (Å²) in [6.45, 7) is 2.31. The third-order valence-electron chi connectivity index (χ3n) is 5.65. The molecule has 1 amide bonds. The van der Waals surface area contributed by atoms with Gasteiger partial charge >= 0.3 is 0 Å². The molecule has 0 unspecified atom stereocenters. The van der Waals surface area contributed by atoms with Crippen LogP contribution in [0, 0.1) is 10.1 Å². The minimum Gasteiger partial charge on any atom is -0.378 e. The largest absolute Gasteiger partial charge is 0.378 e. The number of morpholine rings is 1. The van der Waals surface area contributed by atoms with Crippen LogP contribution in [-0.4, -0.2) is 47.1 Å². The molecule has 0 atom stereocenters. The highest BCUT2D eigenvalue weighted by Gasteiger charge is 2.27. The molecule has 4 aromatic rings. The van der Waals surface area contributed by atoms with Gasteiger partial charge < -0.3 is 9.64 Å². The Labute approximate surface area is 209 Å². The smallest absolute Gasteiger partial charge is 0.293 e. The van der Waals surface area contributed by atoms with Gasteiger partial charge in [0.05, 0.1) is 34.9 Å². The van der Waals surface area contributed by atoms with Gasteiger partial charge in [0.25, 0.3) is 11.6 Å². The Bertz CT molecular complexity index is 1390. The molecule has 0 spiro atoms. The number of hydrogen-bond acceptors (Lipinski definition) is 8. The summed E-state index contributed by atoms with van der Waals surface area (Å²) in [6.07, 6.45) is 3.33. The molecule has 0 aliphatic carbocycles. The van der Waals surface area contributed by atoms with Gasteiger partial charge in [-0.15, -0.1) is 0 Å². The highest BCUT2D eigenvalue weighted by molar-refractivity contribution is 7.22. The number of pyridine rings is 1. The minimum absolute atomic E-state index is 0.116. The molecule has 11 heteroatoms. The molecule has 0 saturated carbocycles. The van der Waals surface area contributed by atoms with E-state index in [9.17, 15) is 14.9 Å². The van der Waals surface area contributed by atoms with Gasteiger partial charge in [-0.25, -0.2) is 4.98 Å². The number of amides is 1. The van der Waals surface area contributed by atoms with E-state index in [0.29, 0.717) is 47.7 Å². The molecule has 1 saturated heterocycles. The molecule has 0 radical (unpaired) electrons. The molecule has 1 fully saturated rings. The zero-order valence-corrected chi connectivity index (χ0v) is 20.0. The zero-order valence-electron chi connectivity index (χ0n) is 18.5. The highest BCUT2D eigenvalue weighted by Crippen LogP contribution is 2.34. The standard InChI is InChI=1S/C24H20ClN5O4S/c25-18-4-5-19-22(13-18)35-24(27-19)29(15-16-2-1-7-26-14-16)23(31)17-3-6-20(21(12-17)30(32)33)28-8-10-34-11-9-28/h1-7,12-14H,8-11,15H2. The normalized spacial score (nSPS) is 13.7. The lowest BCUT2D eigenvalue weighted by Crippen LogP contribution is -2.36. The lowest BCUT2D eigenvalue weighted by Gasteiger charge is -2.28. The average molecular weight is 510 g/mol. The number of benzene rings is 2. The summed E-state index contributed by atoms with van der Waals surface area (Å²) in [7, 11) is 0. The number of hydrogen-bond donors (Lipinski definition) is 0. The van der Waals surface area contributed by atoms with Crippen LogP contribution >= 0.6 is 22.9 Å². The first-order valence-electron chi connectivity index (χ1n) is 10.9. The molecule has 1 aliphatic heterocycles. The van der Waals surface area contributed by atoms with Crippen LogP contribution < -0.4 is 9.80 Å². The Balaban J connectivity index is 1.54. The molecule has 9 nitrogen and oxygen atoms in total. The topological polar surface area (TPSA) is 102 Å². The monoisotopic (exact) mass is 509 g/mol. The third kappa shape index (κ3) is 4.95. The number of carbonyl (C=O) groups excluding carboxylic acids is 1. The quantitative estimate of drug-likeness (QED) is 0.268. The van der Waals surface area contributed by atoms with E-state index in [4.69, 9.17) is 16.3 Å². The molecule has 0 bridgehead atoms. The van der Waals surface area contributed by atoms with Crippen LogP contribution in [0.25, 0.3) is 10.2 Å². The van der Waals surface area contributed by atoms with Crippen molar-refractivity contribution in [2.24, 2.45) is 0 Å². The molecule has 2 aromatic heterocycles. The number of carbonyl (C=O) groups is 1. The Morgan fingerprint density at radius 2 is 2.03 bits per heavy atom. The molecule has 1 aliphatic rings. The summed E-state index contributed by atoms with van der Waals surface area (Å²) in [4.78, 5) is 37.4. The fraction of sp³-hybridized carbons (Fsp3) is 0.208. The van der Waals surface area contributed by atoms with Gasteiger partial charge in [0.15, 0.2) is 5.13 Å². The summed E-state index contributed by atoms with van der Waals surface area (Å²) in [5.74, 6) is -0.393. The van der Waals surface area contributed by atoms with E-state index in [2.05, 4.69) is 9.97 Å². The fourth-order valence-corrected chi connectivity index (χ4v) is 5.17. The fourth-order valence-electron chi connectivity index (χ4n) is 3.93. The Morgan fingerprint density at radius 1 is 1.20 bits per heavy atom. The maximum atomic E-state index is 13.7. The molecule has 35 heavy (non-hydrogen) atoms. The Kier molecular flexibility index (Phi) is 6.58. The van der Waals surface area contributed by atoms with Gasteiger partial charge in [0.2, 0.25) is 0 Å². The van der Waals surface area contributed by atoms with Gasteiger partial charge in [-0.1, -0.05) is 29.0 Å². The van der Waals surface area contributed by atoms with Crippen molar-refractivity contribution in [2.45, 2.75) is 6.54 Å². The second-order valence-corrected chi connectivity index (χ2v) is 9.37.